The SMILES string of the molecule is CC(C)(C)CC(=O)Nc1ccc(SC(C(=O)Nc2cccc(C(F)(F)F)c2)c2ccccc2)cc1. The minimum atomic E-state index is -4.50. The molecular weight excluding hydrogens is 473 g/mol. The molecule has 0 bridgehead atoms. The summed E-state index contributed by atoms with van der Waals surface area (Å²) in [6.07, 6.45) is -4.12. The van der Waals surface area contributed by atoms with Crippen LogP contribution in [-0.4, -0.2) is 11.8 Å². The van der Waals surface area contributed by atoms with E-state index in [2.05, 4.69) is 10.6 Å². The molecular formula is C27H27F3N2O2S. The van der Waals surface area contributed by atoms with Gasteiger partial charge in [0.05, 0.1) is 5.56 Å². The van der Waals surface area contributed by atoms with E-state index in [0.29, 0.717) is 17.7 Å². The van der Waals surface area contributed by atoms with E-state index in [1.54, 1.807) is 48.5 Å². The number of rotatable bonds is 7. The number of thioether (sulfide) groups is 1. The van der Waals surface area contributed by atoms with E-state index in [9.17, 15) is 22.8 Å². The lowest BCUT2D eigenvalue weighted by molar-refractivity contribution is -0.137. The molecule has 0 fully saturated rings. The highest BCUT2D eigenvalue weighted by Gasteiger charge is 2.31. The van der Waals surface area contributed by atoms with Crippen LogP contribution in [0, 0.1) is 5.41 Å². The first kappa shape index (κ1) is 26.3. The maximum absolute atomic E-state index is 13.2. The largest absolute Gasteiger partial charge is 0.416 e. The van der Waals surface area contributed by atoms with Crippen molar-refractivity contribution in [2.75, 3.05) is 10.6 Å². The number of halogens is 3. The van der Waals surface area contributed by atoms with E-state index in [1.165, 1.54) is 23.9 Å². The lowest BCUT2D eigenvalue weighted by Gasteiger charge is -2.19. The van der Waals surface area contributed by atoms with Gasteiger partial charge in [-0.25, -0.2) is 0 Å². The van der Waals surface area contributed by atoms with Gasteiger partial charge in [-0.15, -0.1) is 11.8 Å². The second kappa shape index (κ2) is 11.0. The van der Waals surface area contributed by atoms with Crippen LogP contribution in [0.15, 0.2) is 83.8 Å². The molecule has 0 aliphatic rings. The summed E-state index contributed by atoms with van der Waals surface area (Å²) < 4.78 is 39.2. The molecule has 0 heterocycles. The zero-order valence-electron chi connectivity index (χ0n) is 19.6. The first-order valence-electron chi connectivity index (χ1n) is 11.0. The summed E-state index contributed by atoms with van der Waals surface area (Å²) >= 11 is 1.27. The number of amides is 2. The van der Waals surface area contributed by atoms with Crippen LogP contribution < -0.4 is 10.6 Å². The van der Waals surface area contributed by atoms with Crippen LogP contribution in [0.1, 0.15) is 43.6 Å². The Labute approximate surface area is 207 Å². The standard InChI is InChI=1S/C27H27F3N2O2S/c1-26(2,3)17-23(33)31-20-12-14-22(15-13-20)35-24(18-8-5-4-6-9-18)25(34)32-21-11-7-10-19(16-21)27(28,29)30/h4-16,24H,17H2,1-3H3,(H,31,33)(H,32,34). The number of benzene rings is 3. The van der Waals surface area contributed by atoms with Gasteiger partial charge >= 0.3 is 6.18 Å². The van der Waals surface area contributed by atoms with E-state index in [4.69, 9.17) is 0 Å². The van der Waals surface area contributed by atoms with Gasteiger partial charge in [-0.2, -0.15) is 13.2 Å². The van der Waals surface area contributed by atoms with Crippen molar-refractivity contribution in [1.29, 1.82) is 0 Å². The molecule has 0 aromatic heterocycles. The summed E-state index contributed by atoms with van der Waals surface area (Å²) in [5.41, 5.74) is 0.472. The third-order valence-electron chi connectivity index (χ3n) is 4.88. The number of anilines is 2. The average molecular weight is 501 g/mol. The van der Waals surface area contributed by atoms with E-state index in [0.717, 1.165) is 17.0 Å². The normalized spacial score (nSPS) is 12.6. The molecule has 2 N–H and O–H groups in total. The lowest BCUT2D eigenvalue weighted by Crippen LogP contribution is -2.20. The molecule has 1 unspecified atom stereocenters. The molecule has 0 aliphatic carbocycles. The maximum atomic E-state index is 13.2. The monoisotopic (exact) mass is 500 g/mol. The van der Waals surface area contributed by atoms with E-state index in [1.807, 2.05) is 26.8 Å². The molecule has 1 atom stereocenters. The van der Waals surface area contributed by atoms with E-state index < -0.39 is 22.9 Å². The molecule has 0 aliphatic heterocycles. The van der Waals surface area contributed by atoms with Gasteiger partial charge in [-0.05, 0) is 53.4 Å². The fourth-order valence-corrected chi connectivity index (χ4v) is 4.35. The van der Waals surface area contributed by atoms with Gasteiger partial charge in [-0.1, -0.05) is 57.2 Å². The second-order valence-electron chi connectivity index (χ2n) is 9.29. The molecule has 0 saturated carbocycles. The molecule has 0 saturated heterocycles. The summed E-state index contributed by atoms with van der Waals surface area (Å²) in [6.45, 7) is 5.96. The smallest absolute Gasteiger partial charge is 0.326 e. The third-order valence-corrected chi connectivity index (χ3v) is 6.15. The highest BCUT2D eigenvalue weighted by molar-refractivity contribution is 8.00. The van der Waals surface area contributed by atoms with E-state index >= 15 is 0 Å². The third kappa shape index (κ3) is 8.17. The highest BCUT2D eigenvalue weighted by atomic mass is 32.2. The Kier molecular flexibility index (Phi) is 8.27. The summed E-state index contributed by atoms with van der Waals surface area (Å²) in [6, 6.07) is 20.7. The maximum Gasteiger partial charge on any atom is 0.416 e. The second-order valence-corrected chi connectivity index (χ2v) is 10.5. The van der Waals surface area contributed by atoms with Crippen molar-refractivity contribution in [1.82, 2.24) is 0 Å². The van der Waals surface area contributed by atoms with Gasteiger partial charge in [-0.3, -0.25) is 9.59 Å². The summed E-state index contributed by atoms with van der Waals surface area (Å²) in [7, 11) is 0. The Morgan fingerprint density at radius 3 is 2.09 bits per heavy atom. The zero-order chi connectivity index (χ0) is 25.6. The summed E-state index contributed by atoms with van der Waals surface area (Å²) in [5.74, 6) is -0.524. The molecule has 3 aromatic carbocycles. The van der Waals surface area contributed by atoms with Gasteiger partial charge in [0.15, 0.2) is 0 Å². The summed E-state index contributed by atoms with van der Waals surface area (Å²) in [4.78, 5) is 26.1. The van der Waals surface area contributed by atoms with Gasteiger partial charge in [0.25, 0.3) is 0 Å². The van der Waals surface area contributed by atoms with Crippen molar-refractivity contribution in [3.63, 3.8) is 0 Å². The molecule has 4 nitrogen and oxygen atoms in total. The number of carbonyl (C=O) groups excluding carboxylic acids is 2. The lowest BCUT2D eigenvalue weighted by atomic mass is 9.92. The Bertz CT molecular complexity index is 1160. The van der Waals surface area contributed by atoms with Crippen LogP contribution in [0.3, 0.4) is 0 Å². The number of alkyl halides is 3. The van der Waals surface area contributed by atoms with Crippen LogP contribution in [-0.2, 0) is 15.8 Å². The van der Waals surface area contributed by atoms with Crippen molar-refractivity contribution in [2.24, 2.45) is 5.41 Å². The molecule has 3 rings (SSSR count). The van der Waals surface area contributed by atoms with E-state index in [-0.39, 0.29) is 17.0 Å². The van der Waals surface area contributed by atoms with Crippen molar-refractivity contribution in [3.8, 4) is 0 Å². The van der Waals surface area contributed by atoms with Crippen molar-refractivity contribution in [3.05, 3.63) is 90.0 Å². The minimum Gasteiger partial charge on any atom is -0.326 e. The van der Waals surface area contributed by atoms with Crippen molar-refractivity contribution >= 4 is 35.0 Å². The van der Waals surface area contributed by atoms with Gasteiger partial charge in [0.2, 0.25) is 11.8 Å². The molecule has 2 amide bonds. The fourth-order valence-electron chi connectivity index (χ4n) is 3.32. The van der Waals surface area contributed by atoms with Crippen LogP contribution in [0.5, 0.6) is 0 Å². The number of hydrogen-bond donors (Lipinski definition) is 2. The molecule has 8 heteroatoms. The van der Waals surface area contributed by atoms with Gasteiger partial charge < -0.3 is 10.6 Å². The molecule has 0 radical (unpaired) electrons. The minimum absolute atomic E-state index is 0.0725. The topological polar surface area (TPSA) is 58.2 Å². The Hall–Kier alpha value is -3.26. The molecule has 184 valence electrons. The molecule has 0 spiro atoms. The number of carbonyl (C=O) groups is 2. The predicted molar refractivity (Wildman–Crippen MR) is 134 cm³/mol. The average Bonchev–Trinajstić information content (AvgIpc) is 2.77. The molecule has 3 aromatic rings. The van der Waals surface area contributed by atoms with Gasteiger partial charge in [0.1, 0.15) is 5.25 Å². The molecule has 35 heavy (non-hydrogen) atoms. The van der Waals surface area contributed by atoms with Crippen LogP contribution in [0.2, 0.25) is 0 Å². The Morgan fingerprint density at radius 2 is 1.49 bits per heavy atom. The Morgan fingerprint density at radius 1 is 0.829 bits per heavy atom. The quantitative estimate of drug-likeness (QED) is 0.329. The van der Waals surface area contributed by atoms with Crippen molar-refractivity contribution in [2.45, 2.75) is 43.5 Å². The predicted octanol–water partition coefficient (Wildman–Crippen LogP) is 7.55. The first-order valence-corrected chi connectivity index (χ1v) is 11.9. The van der Waals surface area contributed by atoms with Crippen LogP contribution in [0.4, 0.5) is 24.5 Å². The number of hydrogen-bond acceptors (Lipinski definition) is 3. The van der Waals surface area contributed by atoms with Crippen molar-refractivity contribution < 1.29 is 22.8 Å². The van der Waals surface area contributed by atoms with Gasteiger partial charge in [0, 0.05) is 22.7 Å². The van der Waals surface area contributed by atoms with Crippen LogP contribution in [0.25, 0.3) is 0 Å². The number of nitrogens with one attached hydrogen (secondary N) is 2. The van der Waals surface area contributed by atoms with Crippen LogP contribution >= 0.6 is 11.8 Å². The fraction of sp³-hybridized carbons (Fsp3) is 0.259. The Balaban J connectivity index is 1.76. The summed E-state index contributed by atoms with van der Waals surface area (Å²) in [5, 5.41) is 4.78. The highest BCUT2D eigenvalue weighted by Crippen LogP contribution is 2.37. The first-order chi connectivity index (χ1) is 16.4. The zero-order valence-corrected chi connectivity index (χ0v) is 20.5.